The molecule has 0 bridgehead atoms. The van der Waals surface area contributed by atoms with E-state index in [1.165, 1.54) is 6.42 Å². The summed E-state index contributed by atoms with van der Waals surface area (Å²) in [5, 5.41) is 0. The number of allylic oxidation sites excluding steroid dienone is 2. The molecule has 0 amide bonds. The molecule has 2 fully saturated rings. The van der Waals surface area contributed by atoms with Crippen LogP contribution in [-0.2, 0) is 9.53 Å². The molecule has 0 aromatic carbocycles. The smallest absolute Gasteiger partial charge is 0.141 e. The summed E-state index contributed by atoms with van der Waals surface area (Å²) in [7, 11) is 1.66. The molecule has 106 valence electrons. The third-order valence-corrected chi connectivity index (χ3v) is 5.26. The van der Waals surface area contributed by atoms with Gasteiger partial charge in [-0.1, -0.05) is 39.3 Å². The van der Waals surface area contributed by atoms with E-state index < -0.39 is 0 Å². The number of methoxy groups -OCH3 is 1. The lowest BCUT2D eigenvalue weighted by atomic mass is 9.47. The van der Waals surface area contributed by atoms with Crippen molar-refractivity contribution < 1.29 is 9.53 Å². The molecule has 0 aliphatic heterocycles. The molecular weight excluding hydrogens is 236 g/mol. The standard InChI is InChI=1S/C17H26O2/c1-12-11-14(18)15-16(2,3)8-6-9-17(15,4)13(12)7-10-19-5/h7,10,13,15H,1,6,8-9,11H2,2-5H3/b10-7+/t13-,15-,17+/m0/s1. The zero-order chi connectivity index (χ0) is 14.3. The van der Waals surface area contributed by atoms with Crippen molar-refractivity contribution in [2.75, 3.05) is 7.11 Å². The Morgan fingerprint density at radius 2 is 2.00 bits per heavy atom. The van der Waals surface area contributed by atoms with Crippen LogP contribution in [0.5, 0.6) is 0 Å². The van der Waals surface area contributed by atoms with Gasteiger partial charge in [-0.15, -0.1) is 0 Å². The number of rotatable bonds is 2. The molecule has 0 saturated heterocycles. The van der Waals surface area contributed by atoms with E-state index in [2.05, 4.69) is 33.4 Å². The van der Waals surface area contributed by atoms with E-state index in [0.717, 1.165) is 18.4 Å². The fraction of sp³-hybridized carbons (Fsp3) is 0.706. The van der Waals surface area contributed by atoms with E-state index in [1.54, 1.807) is 13.4 Å². The molecule has 19 heavy (non-hydrogen) atoms. The van der Waals surface area contributed by atoms with Gasteiger partial charge in [-0.05, 0) is 29.7 Å². The minimum Gasteiger partial charge on any atom is -0.505 e. The van der Waals surface area contributed by atoms with Crippen LogP contribution in [0.15, 0.2) is 24.5 Å². The van der Waals surface area contributed by atoms with Crippen molar-refractivity contribution in [3.63, 3.8) is 0 Å². The molecule has 2 aliphatic carbocycles. The molecular formula is C17H26O2. The molecule has 2 aliphatic rings. The lowest BCUT2D eigenvalue weighted by molar-refractivity contribution is -0.141. The van der Waals surface area contributed by atoms with Gasteiger partial charge in [0.1, 0.15) is 5.78 Å². The second-order valence-corrected chi connectivity index (χ2v) is 7.12. The molecule has 2 heteroatoms. The maximum absolute atomic E-state index is 12.6. The number of ketones is 1. The Hall–Kier alpha value is -1.05. The number of carbonyl (C=O) groups is 1. The third-order valence-electron chi connectivity index (χ3n) is 5.26. The van der Waals surface area contributed by atoms with Gasteiger partial charge < -0.3 is 4.74 Å². The van der Waals surface area contributed by atoms with E-state index in [1.807, 2.05) is 0 Å². The Bertz CT molecular complexity index is 419. The van der Waals surface area contributed by atoms with Crippen LogP contribution in [0.25, 0.3) is 0 Å². The SMILES string of the molecule is C=C1CC(=O)[C@H]2C(C)(C)CCC[C@]2(C)[C@H]1/C=C/OC. The Balaban J connectivity index is 2.44. The third kappa shape index (κ3) is 2.26. The van der Waals surface area contributed by atoms with Gasteiger partial charge >= 0.3 is 0 Å². The van der Waals surface area contributed by atoms with Crippen LogP contribution in [-0.4, -0.2) is 12.9 Å². The van der Waals surface area contributed by atoms with Crippen LogP contribution in [0.2, 0.25) is 0 Å². The van der Waals surface area contributed by atoms with Crippen LogP contribution in [0.1, 0.15) is 46.5 Å². The van der Waals surface area contributed by atoms with Crippen LogP contribution in [0.4, 0.5) is 0 Å². The highest BCUT2D eigenvalue weighted by molar-refractivity contribution is 5.86. The van der Waals surface area contributed by atoms with Gasteiger partial charge in [0.05, 0.1) is 13.4 Å². The Morgan fingerprint density at radius 1 is 1.32 bits per heavy atom. The number of Topliss-reactive ketones (excluding diaryl/α,β-unsaturated/α-hetero) is 1. The quantitative estimate of drug-likeness (QED) is 0.552. The largest absolute Gasteiger partial charge is 0.505 e. The maximum Gasteiger partial charge on any atom is 0.141 e. The van der Waals surface area contributed by atoms with Crippen molar-refractivity contribution in [3.8, 4) is 0 Å². The highest BCUT2D eigenvalue weighted by atomic mass is 16.5. The van der Waals surface area contributed by atoms with E-state index >= 15 is 0 Å². The van der Waals surface area contributed by atoms with Crippen LogP contribution in [0.3, 0.4) is 0 Å². The second kappa shape index (κ2) is 4.81. The zero-order valence-corrected chi connectivity index (χ0v) is 12.7. The molecule has 2 nitrogen and oxygen atoms in total. The monoisotopic (exact) mass is 262 g/mol. The lowest BCUT2D eigenvalue weighted by Gasteiger charge is -2.56. The van der Waals surface area contributed by atoms with Crippen molar-refractivity contribution >= 4 is 5.78 Å². The Kier molecular flexibility index (Phi) is 3.63. The minimum atomic E-state index is 0.00317. The molecule has 2 saturated carbocycles. The summed E-state index contributed by atoms with van der Waals surface area (Å²) < 4.78 is 5.09. The predicted molar refractivity (Wildman–Crippen MR) is 77.6 cm³/mol. The summed E-state index contributed by atoms with van der Waals surface area (Å²) in [5.41, 5.74) is 1.16. The number of fused-ring (bicyclic) bond motifs is 1. The summed E-state index contributed by atoms with van der Waals surface area (Å²) in [5.74, 6) is 0.791. The van der Waals surface area contributed by atoms with E-state index in [4.69, 9.17) is 4.74 Å². The van der Waals surface area contributed by atoms with Crippen molar-refractivity contribution in [2.24, 2.45) is 22.7 Å². The van der Waals surface area contributed by atoms with Crippen molar-refractivity contribution in [1.29, 1.82) is 0 Å². The number of hydrogen-bond donors (Lipinski definition) is 0. The normalized spacial score (nSPS) is 38.3. The highest BCUT2D eigenvalue weighted by Gasteiger charge is 2.56. The molecule has 0 radical (unpaired) electrons. The molecule has 0 aromatic rings. The maximum atomic E-state index is 12.6. The number of carbonyl (C=O) groups excluding carboxylic acids is 1. The molecule has 0 heterocycles. The van der Waals surface area contributed by atoms with Gasteiger partial charge in [0.15, 0.2) is 0 Å². The first-order chi connectivity index (χ1) is 8.83. The van der Waals surface area contributed by atoms with Crippen LogP contribution in [0, 0.1) is 22.7 Å². The van der Waals surface area contributed by atoms with Gasteiger partial charge in [-0.3, -0.25) is 4.79 Å². The minimum absolute atomic E-state index is 0.00317. The topological polar surface area (TPSA) is 26.3 Å². The first kappa shape index (κ1) is 14.4. The molecule has 0 spiro atoms. The van der Waals surface area contributed by atoms with Crippen molar-refractivity contribution in [1.82, 2.24) is 0 Å². The van der Waals surface area contributed by atoms with Crippen molar-refractivity contribution in [2.45, 2.75) is 46.5 Å². The number of hydrogen-bond acceptors (Lipinski definition) is 2. The van der Waals surface area contributed by atoms with Gasteiger partial charge in [0.2, 0.25) is 0 Å². The van der Waals surface area contributed by atoms with Gasteiger partial charge in [-0.25, -0.2) is 0 Å². The fourth-order valence-electron chi connectivity index (χ4n) is 4.66. The van der Waals surface area contributed by atoms with Crippen LogP contribution >= 0.6 is 0 Å². The highest BCUT2D eigenvalue weighted by Crippen LogP contribution is 2.59. The second-order valence-electron chi connectivity index (χ2n) is 7.12. The predicted octanol–water partition coefficient (Wildman–Crippen LogP) is 4.12. The first-order valence-corrected chi connectivity index (χ1v) is 7.23. The Labute approximate surface area is 116 Å². The average Bonchev–Trinajstić information content (AvgIpc) is 2.26. The van der Waals surface area contributed by atoms with E-state index in [0.29, 0.717) is 12.2 Å². The van der Waals surface area contributed by atoms with Crippen LogP contribution < -0.4 is 0 Å². The first-order valence-electron chi connectivity index (χ1n) is 7.23. The molecule has 0 aromatic heterocycles. The lowest BCUT2D eigenvalue weighted by Crippen LogP contribution is -2.53. The summed E-state index contributed by atoms with van der Waals surface area (Å²) in [6.45, 7) is 10.9. The number of ether oxygens (including phenoxy) is 1. The average molecular weight is 262 g/mol. The van der Waals surface area contributed by atoms with E-state index in [9.17, 15) is 4.79 Å². The molecule has 3 atom stereocenters. The Morgan fingerprint density at radius 3 is 2.63 bits per heavy atom. The zero-order valence-electron chi connectivity index (χ0n) is 12.7. The van der Waals surface area contributed by atoms with Gasteiger partial charge in [-0.2, -0.15) is 0 Å². The summed E-state index contributed by atoms with van der Waals surface area (Å²) >= 11 is 0. The molecule has 0 unspecified atom stereocenters. The van der Waals surface area contributed by atoms with Gasteiger partial charge in [0, 0.05) is 18.3 Å². The van der Waals surface area contributed by atoms with Crippen molar-refractivity contribution in [3.05, 3.63) is 24.5 Å². The summed E-state index contributed by atoms with van der Waals surface area (Å²) in [6.07, 6.45) is 7.82. The summed E-state index contributed by atoms with van der Waals surface area (Å²) in [4.78, 5) is 12.6. The van der Waals surface area contributed by atoms with E-state index in [-0.39, 0.29) is 22.7 Å². The fourth-order valence-corrected chi connectivity index (χ4v) is 4.66. The van der Waals surface area contributed by atoms with Gasteiger partial charge in [0.25, 0.3) is 0 Å². The molecule has 0 N–H and O–H groups in total. The summed E-state index contributed by atoms with van der Waals surface area (Å²) in [6, 6.07) is 0. The molecule has 2 rings (SSSR count).